The maximum absolute atomic E-state index is 12.8. The van der Waals surface area contributed by atoms with Crippen LogP contribution < -0.4 is 28.3 Å². The van der Waals surface area contributed by atoms with E-state index in [1.54, 1.807) is 0 Å². The van der Waals surface area contributed by atoms with E-state index in [4.69, 9.17) is 9.15 Å². The Kier molecular flexibility index (Phi) is 3.17. The van der Waals surface area contributed by atoms with Gasteiger partial charge in [-0.2, -0.15) is 0 Å². The molecule has 24 heavy (non-hydrogen) atoms. The van der Waals surface area contributed by atoms with E-state index in [1.165, 1.54) is 0 Å². The van der Waals surface area contributed by atoms with Crippen LogP contribution in [0.1, 0.15) is 35.3 Å². The number of hydrogen-bond acceptors (Lipinski definition) is 6. The number of alkyl halides is 3. The quantitative estimate of drug-likeness (QED) is 0.116. The predicted molar refractivity (Wildman–Crippen MR) is 92.0 cm³/mol. The first kappa shape index (κ1) is 15.8. The number of halogens is 2. The number of carbonyl (C=O) groups is 2. The van der Waals surface area contributed by atoms with Crippen LogP contribution in [0.2, 0.25) is 0 Å². The summed E-state index contributed by atoms with van der Waals surface area (Å²) in [6, 6.07) is 1.83. The molecule has 2 unspecified atom stereocenters. The summed E-state index contributed by atoms with van der Waals surface area (Å²) in [6.45, 7) is 3.96. The van der Waals surface area contributed by atoms with Crippen LogP contribution in [0, 0.1) is 0 Å². The zero-order valence-electron chi connectivity index (χ0n) is 13.5. The first-order valence-corrected chi connectivity index (χ1v) is 14.2. The van der Waals surface area contributed by atoms with Crippen molar-refractivity contribution in [1.29, 1.82) is 0 Å². The summed E-state index contributed by atoms with van der Waals surface area (Å²) in [5.41, 5.74) is 4.26. The summed E-state index contributed by atoms with van der Waals surface area (Å²) in [5.74, 6) is 0.0435. The first-order valence-electron chi connectivity index (χ1n) is 7.76. The molecular weight excluding hydrogens is 538 g/mol. The van der Waals surface area contributed by atoms with Crippen LogP contribution in [0.4, 0.5) is 0 Å². The molecule has 2 saturated heterocycles. The molecule has 5 rings (SSSR count). The maximum atomic E-state index is 12.8. The molecule has 2 aromatic heterocycles. The Morgan fingerprint density at radius 1 is 1.58 bits per heavy atom. The molecule has 6 nitrogen and oxygen atoms in total. The van der Waals surface area contributed by atoms with Gasteiger partial charge in [-0.25, -0.2) is 0 Å². The van der Waals surface area contributed by atoms with Gasteiger partial charge < -0.3 is 0 Å². The number of nitrogens with one attached hydrogen (secondary N) is 2. The molecule has 3 aliphatic rings. The molecule has 0 spiro atoms. The van der Waals surface area contributed by atoms with Crippen LogP contribution in [-0.2, 0) is 22.4 Å². The zero-order chi connectivity index (χ0) is 16.9. The molecule has 2 bridgehead atoms. The molecule has 0 amide bonds. The van der Waals surface area contributed by atoms with E-state index in [-0.39, 0.29) is 46.2 Å². The van der Waals surface area contributed by atoms with Crippen molar-refractivity contribution in [3.63, 3.8) is 0 Å². The summed E-state index contributed by atoms with van der Waals surface area (Å²) in [4.78, 5) is 26.8. The van der Waals surface area contributed by atoms with Crippen LogP contribution in [-0.4, -0.2) is 29.9 Å². The van der Waals surface area contributed by atoms with Gasteiger partial charge in [0.15, 0.2) is 0 Å². The summed E-state index contributed by atoms with van der Waals surface area (Å²) in [6.07, 6.45) is 0.796. The number of rotatable bonds is 6. The van der Waals surface area contributed by atoms with Crippen molar-refractivity contribution < 1.29 is 39.9 Å². The van der Waals surface area contributed by atoms with E-state index in [0.29, 0.717) is 18.4 Å². The van der Waals surface area contributed by atoms with Gasteiger partial charge in [-0.3, -0.25) is 0 Å². The van der Waals surface area contributed by atoms with Gasteiger partial charge in [0.25, 0.3) is 0 Å². The minimum absolute atomic E-state index is 0.0483. The minimum atomic E-state index is -1.18. The molecular formula is C16H17I2N2O4-. The summed E-state index contributed by atoms with van der Waals surface area (Å²) in [7, 11) is 0. The zero-order valence-corrected chi connectivity index (χ0v) is 17.8. The molecule has 2 atom stereocenters. The van der Waals surface area contributed by atoms with Crippen LogP contribution in [0.25, 0.3) is 11.2 Å². The van der Waals surface area contributed by atoms with E-state index < -0.39 is 20.4 Å². The second-order valence-electron chi connectivity index (χ2n) is 6.65. The van der Waals surface area contributed by atoms with Gasteiger partial charge >= 0.3 is 158 Å². The molecule has 0 radical (unpaired) electrons. The molecule has 0 aromatic carbocycles. The molecule has 2 N–H and O–H groups in total. The van der Waals surface area contributed by atoms with Crippen molar-refractivity contribution in [2.24, 2.45) is 0 Å². The first-order chi connectivity index (χ1) is 11.4. The number of Topliss-reactive ketones (excluding diaryl/α,β-unsaturated/α-hetero) is 1. The average molecular weight is 555 g/mol. The number of ether oxygens (including phenoxy) is 1. The Hall–Kier alpha value is -0.460. The topological polar surface area (TPSA) is 100 Å². The van der Waals surface area contributed by atoms with Crippen molar-refractivity contribution in [2.75, 3.05) is 4.93 Å². The number of ketones is 1. The van der Waals surface area contributed by atoms with Crippen LogP contribution in [0.5, 0.6) is 0 Å². The normalized spacial score (nSPS) is 25.0. The fourth-order valence-corrected chi connectivity index (χ4v) is 13.8. The number of furan rings is 2. The monoisotopic (exact) mass is 555 g/mol. The third-order valence-corrected chi connectivity index (χ3v) is 14.5. The van der Waals surface area contributed by atoms with Gasteiger partial charge in [0.2, 0.25) is 0 Å². The van der Waals surface area contributed by atoms with E-state index in [2.05, 4.69) is 12.0 Å². The third-order valence-electron chi connectivity index (χ3n) is 5.18. The molecule has 2 aromatic rings. The van der Waals surface area contributed by atoms with E-state index in [1.807, 2.05) is 19.9 Å². The van der Waals surface area contributed by atoms with Crippen LogP contribution in [0.3, 0.4) is 0 Å². The standard InChI is InChI=1S/C16H17I2N2O4/c1-7(23-14(22)15(2,17-3)16-18(19-16)20-16)4-8-9-5-11(21)10-6-12(8)24-13(9)10/h6-7,19-20H,4-5H2,1-3H3/q-1. The SMILES string of the molecule is C[I-]C(C)(C(=O)OC(C)Cc1c2c3oc1cc3C(=O)C2)C12NI1N2. The summed E-state index contributed by atoms with van der Waals surface area (Å²) in [5, 5.41) is 0. The number of carbonyl (C=O) groups excluding carboxylic acids is 2. The predicted octanol–water partition coefficient (Wildman–Crippen LogP) is -1.24. The fourth-order valence-electron chi connectivity index (χ4n) is 3.47. The van der Waals surface area contributed by atoms with Crippen LogP contribution in [0.15, 0.2) is 10.5 Å². The molecule has 1 aliphatic carbocycles. The molecule has 2 aliphatic heterocycles. The number of fused-ring (bicyclic) bond motifs is 2. The van der Waals surface area contributed by atoms with E-state index in [0.717, 1.165) is 22.3 Å². The molecule has 8 heteroatoms. The Bertz CT molecular complexity index is 888. The molecule has 2 fully saturated rings. The van der Waals surface area contributed by atoms with Crippen molar-refractivity contribution in [3.8, 4) is 0 Å². The van der Waals surface area contributed by atoms with Crippen molar-refractivity contribution >= 4 is 43.3 Å². The van der Waals surface area contributed by atoms with Gasteiger partial charge in [0.1, 0.15) is 0 Å². The average Bonchev–Trinajstić information content (AvgIpc) is 3.28. The summed E-state index contributed by atoms with van der Waals surface area (Å²) >= 11 is -1.47. The molecule has 4 heterocycles. The van der Waals surface area contributed by atoms with Crippen molar-refractivity contribution in [3.05, 3.63) is 22.8 Å². The third kappa shape index (κ3) is 1.88. The van der Waals surface area contributed by atoms with Crippen LogP contribution >= 0.6 is 20.4 Å². The van der Waals surface area contributed by atoms with Gasteiger partial charge in [-0.05, 0) is 0 Å². The Labute approximate surface area is 157 Å². The van der Waals surface area contributed by atoms with E-state index in [9.17, 15) is 9.59 Å². The fraction of sp³-hybridized carbons (Fsp3) is 0.500. The van der Waals surface area contributed by atoms with Gasteiger partial charge in [-0.15, -0.1) is 0 Å². The van der Waals surface area contributed by atoms with E-state index >= 15 is 0 Å². The summed E-state index contributed by atoms with van der Waals surface area (Å²) < 4.78 is 18.0. The Morgan fingerprint density at radius 3 is 2.92 bits per heavy atom. The molecule has 0 saturated carbocycles. The number of hydrogen-bond donors (Lipinski definition) is 2. The molecule has 130 valence electrons. The van der Waals surface area contributed by atoms with Gasteiger partial charge in [0, 0.05) is 0 Å². The van der Waals surface area contributed by atoms with Crippen molar-refractivity contribution in [1.82, 2.24) is 7.06 Å². The Balaban J connectivity index is 1.32. The second kappa shape index (κ2) is 4.83. The second-order valence-corrected chi connectivity index (χ2v) is 14.2. The van der Waals surface area contributed by atoms with Gasteiger partial charge in [0.05, 0.1) is 0 Å². The number of esters is 1. The number of benzene rings is 1. The Morgan fingerprint density at radius 2 is 2.29 bits per heavy atom. The van der Waals surface area contributed by atoms with Crippen molar-refractivity contribution in [2.45, 2.75) is 39.9 Å². The van der Waals surface area contributed by atoms with Gasteiger partial charge in [-0.1, -0.05) is 0 Å².